The molecule has 0 amide bonds. The lowest BCUT2D eigenvalue weighted by atomic mass is 9.81. The third-order valence-corrected chi connectivity index (χ3v) is 3.61. The van der Waals surface area contributed by atoms with Gasteiger partial charge in [-0.25, -0.2) is 0 Å². The SMILES string of the molecule is Cc1nn(C)cc1C(=O)C1C(=O)C(C)(C)OC1(C)C. The number of carbonyl (C=O) groups excluding carboxylic acids is 2. The summed E-state index contributed by atoms with van der Waals surface area (Å²) in [7, 11) is 1.76. The van der Waals surface area contributed by atoms with Gasteiger partial charge in [0.25, 0.3) is 0 Å². The van der Waals surface area contributed by atoms with Crippen molar-refractivity contribution >= 4 is 11.6 Å². The van der Waals surface area contributed by atoms with Crippen LogP contribution in [0.5, 0.6) is 0 Å². The highest BCUT2D eigenvalue weighted by Crippen LogP contribution is 2.40. The second kappa shape index (κ2) is 4.00. The Balaban J connectivity index is 2.44. The number of rotatable bonds is 2. The molecule has 0 aromatic carbocycles. The zero-order valence-electron chi connectivity index (χ0n) is 12.3. The summed E-state index contributed by atoms with van der Waals surface area (Å²) in [6, 6.07) is 0. The first-order valence-corrected chi connectivity index (χ1v) is 6.35. The topological polar surface area (TPSA) is 61.2 Å². The molecule has 0 saturated carbocycles. The second-order valence-corrected chi connectivity index (χ2v) is 6.18. The van der Waals surface area contributed by atoms with Crippen molar-refractivity contribution in [1.82, 2.24) is 9.78 Å². The third kappa shape index (κ3) is 2.12. The fraction of sp³-hybridized carbons (Fsp3) is 0.643. The smallest absolute Gasteiger partial charge is 0.179 e. The Bertz CT molecular complexity index is 555. The van der Waals surface area contributed by atoms with Crippen LogP contribution in [0.15, 0.2) is 6.20 Å². The van der Waals surface area contributed by atoms with Crippen LogP contribution in [0.4, 0.5) is 0 Å². The molecule has 0 N–H and O–H groups in total. The van der Waals surface area contributed by atoms with Crippen LogP contribution in [0.3, 0.4) is 0 Å². The summed E-state index contributed by atoms with van der Waals surface area (Å²) < 4.78 is 7.34. The van der Waals surface area contributed by atoms with Gasteiger partial charge in [0, 0.05) is 13.2 Å². The first kappa shape index (κ1) is 13.9. The highest BCUT2D eigenvalue weighted by molar-refractivity contribution is 6.15. The summed E-state index contributed by atoms with van der Waals surface area (Å²) in [6.07, 6.45) is 1.66. The van der Waals surface area contributed by atoms with Gasteiger partial charge in [-0.15, -0.1) is 0 Å². The van der Waals surface area contributed by atoms with Gasteiger partial charge in [0.2, 0.25) is 0 Å². The Morgan fingerprint density at radius 3 is 2.32 bits per heavy atom. The molecule has 2 rings (SSSR count). The minimum absolute atomic E-state index is 0.161. The normalized spacial score (nSPS) is 24.7. The number of ether oxygens (including phenoxy) is 1. The van der Waals surface area contributed by atoms with Crippen LogP contribution in [0.25, 0.3) is 0 Å². The molecule has 104 valence electrons. The van der Waals surface area contributed by atoms with Gasteiger partial charge in [-0.2, -0.15) is 5.10 Å². The Kier molecular flexibility index (Phi) is 2.93. The number of Topliss-reactive ketones (excluding diaryl/α,β-unsaturated/α-hetero) is 2. The van der Waals surface area contributed by atoms with E-state index < -0.39 is 17.1 Å². The largest absolute Gasteiger partial charge is 0.361 e. The van der Waals surface area contributed by atoms with E-state index in [2.05, 4.69) is 5.10 Å². The second-order valence-electron chi connectivity index (χ2n) is 6.18. The minimum Gasteiger partial charge on any atom is -0.361 e. The summed E-state index contributed by atoms with van der Waals surface area (Å²) in [5.41, 5.74) is -0.573. The molecule has 5 nitrogen and oxygen atoms in total. The summed E-state index contributed by atoms with van der Waals surface area (Å²) in [5.74, 6) is -1.14. The molecule has 1 aromatic rings. The van der Waals surface area contributed by atoms with Gasteiger partial charge in [0.15, 0.2) is 11.6 Å². The number of aryl methyl sites for hydroxylation is 2. The standard InChI is InChI=1S/C14H20N2O3/c1-8-9(7-16(6)15-8)11(17)10-12(18)14(4,5)19-13(10,2)3/h7,10H,1-6H3. The molecule has 1 unspecified atom stereocenters. The van der Waals surface area contributed by atoms with Crippen molar-refractivity contribution in [2.45, 2.75) is 45.8 Å². The van der Waals surface area contributed by atoms with Crippen LogP contribution in [0.1, 0.15) is 43.7 Å². The fourth-order valence-electron chi connectivity index (χ4n) is 2.86. The van der Waals surface area contributed by atoms with Gasteiger partial charge in [-0.1, -0.05) is 0 Å². The van der Waals surface area contributed by atoms with E-state index in [4.69, 9.17) is 4.74 Å². The predicted octanol–water partition coefficient (Wildman–Crippen LogP) is 1.68. The molecule has 1 saturated heterocycles. The predicted molar refractivity (Wildman–Crippen MR) is 70.0 cm³/mol. The molecule has 2 heterocycles. The zero-order chi connectivity index (χ0) is 14.6. The van der Waals surface area contributed by atoms with E-state index in [0.29, 0.717) is 11.3 Å². The van der Waals surface area contributed by atoms with Crippen LogP contribution in [0, 0.1) is 12.8 Å². The van der Waals surface area contributed by atoms with Gasteiger partial charge < -0.3 is 4.74 Å². The Morgan fingerprint density at radius 1 is 1.37 bits per heavy atom. The van der Waals surface area contributed by atoms with E-state index in [1.807, 2.05) is 0 Å². The maximum absolute atomic E-state index is 12.6. The number of carbonyl (C=O) groups is 2. The quantitative estimate of drug-likeness (QED) is 0.602. The van der Waals surface area contributed by atoms with Crippen molar-refractivity contribution in [3.8, 4) is 0 Å². The van der Waals surface area contributed by atoms with E-state index in [1.54, 1.807) is 52.5 Å². The zero-order valence-corrected chi connectivity index (χ0v) is 12.3. The molecule has 1 aliphatic rings. The van der Waals surface area contributed by atoms with Gasteiger partial charge >= 0.3 is 0 Å². The number of hydrogen-bond donors (Lipinski definition) is 0. The van der Waals surface area contributed by atoms with E-state index in [9.17, 15) is 9.59 Å². The van der Waals surface area contributed by atoms with Gasteiger partial charge in [-0.3, -0.25) is 14.3 Å². The van der Waals surface area contributed by atoms with Crippen LogP contribution in [0.2, 0.25) is 0 Å². The molecule has 0 spiro atoms. The summed E-state index contributed by atoms with van der Waals surface area (Å²) >= 11 is 0. The van der Waals surface area contributed by atoms with Gasteiger partial charge in [0.05, 0.1) is 16.9 Å². The average molecular weight is 264 g/mol. The van der Waals surface area contributed by atoms with Crippen LogP contribution < -0.4 is 0 Å². The van der Waals surface area contributed by atoms with Gasteiger partial charge in [-0.05, 0) is 34.6 Å². The number of nitrogens with zero attached hydrogens (tertiary/aromatic N) is 2. The van der Waals surface area contributed by atoms with Crippen LogP contribution in [-0.4, -0.2) is 32.5 Å². The van der Waals surface area contributed by atoms with Crippen molar-refractivity contribution in [3.63, 3.8) is 0 Å². The molecule has 1 atom stereocenters. The molecule has 19 heavy (non-hydrogen) atoms. The monoisotopic (exact) mass is 264 g/mol. The lowest BCUT2D eigenvalue weighted by Gasteiger charge is -2.24. The molecule has 0 radical (unpaired) electrons. The average Bonchev–Trinajstić information content (AvgIpc) is 2.62. The highest BCUT2D eigenvalue weighted by atomic mass is 16.5. The summed E-state index contributed by atoms with van der Waals surface area (Å²) in [5, 5.41) is 4.16. The molecule has 0 aliphatic carbocycles. The first-order valence-electron chi connectivity index (χ1n) is 6.35. The molecular weight excluding hydrogens is 244 g/mol. The maximum atomic E-state index is 12.6. The van der Waals surface area contributed by atoms with Crippen molar-refractivity contribution in [3.05, 3.63) is 17.5 Å². The molecule has 5 heteroatoms. The summed E-state index contributed by atoms with van der Waals surface area (Å²) in [6.45, 7) is 8.76. The van der Waals surface area contributed by atoms with Crippen molar-refractivity contribution in [1.29, 1.82) is 0 Å². The van der Waals surface area contributed by atoms with Crippen molar-refractivity contribution < 1.29 is 14.3 Å². The molecular formula is C14H20N2O3. The van der Waals surface area contributed by atoms with Crippen molar-refractivity contribution in [2.24, 2.45) is 13.0 Å². The first-order chi connectivity index (χ1) is 8.56. The lowest BCUT2D eigenvalue weighted by Crippen LogP contribution is -2.37. The molecule has 1 aliphatic heterocycles. The number of aromatic nitrogens is 2. The highest BCUT2D eigenvalue weighted by Gasteiger charge is 2.56. The number of hydrogen-bond acceptors (Lipinski definition) is 4. The van der Waals surface area contributed by atoms with E-state index in [0.717, 1.165) is 0 Å². The fourth-order valence-corrected chi connectivity index (χ4v) is 2.86. The van der Waals surface area contributed by atoms with E-state index in [-0.39, 0.29) is 11.6 Å². The minimum atomic E-state index is -0.917. The van der Waals surface area contributed by atoms with Crippen LogP contribution >= 0.6 is 0 Å². The molecule has 1 fully saturated rings. The Hall–Kier alpha value is -1.49. The lowest BCUT2D eigenvalue weighted by molar-refractivity contribution is -0.132. The Morgan fingerprint density at radius 2 is 1.95 bits per heavy atom. The summed E-state index contributed by atoms with van der Waals surface area (Å²) in [4.78, 5) is 25.0. The van der Waals surface area contributed by atoms with E-state index in [1.165, 1.54) is 0 Å². The maximum Gasteiger partial charge on any atom is 0.179 e. The van der Waals surface area contributed by atoms with Crippen molar-refractivity contribution in [2.75, 3.05) is 0 Å². The van der Waals surface area contributed by atoms with Gasteiger partial charge in [0.1, 0.15) is 11.5 Å². The number of ketones is 2. The molecule has 1 aromatic heterocycles. The molecule has 0 bridgehead atoms. The Labute approximate surface area is 112 Å². The van der Waals surface area contributed by atoms with E-state index >= 15 is 0 Å². The third-order valence-electron chi connectivity index (χ3n) is 3.61. The van der Waals surface area contributed by atoms with Crippen LogP contribution in [-0.2, 0) is 16.6 Å².